The number of rotatable bonds is 6. The molecule has 1 unspecified atom stereocenters. The number of carbonyl (C=O) groups is 1. The van der Waals surface area contributed by atoms with Gasteiger partial charge in [-0.15, -0.1) is 0 Å². The summed E-state index contributed by atoms with van der Waals surface area (Å²) in [5, 5.41) is 3.15. The van der Waals surface area contributed by atoms with Crippen LogP contribution in [0.2, 0.25) is 0 Å². The van der Waals surface area contributed by atoms with E-state index >= 15 is 0 Å². The Balaban J connectivity index is 2.07. The van der Waals surface area contributed by atoms with Crippen molar-refractivity contribution in [3.05, 3.63) is 29.8 Å². The second-order valence-corrected chi connectivity index (χ2v) is 5.35. The predicted molar refractivity (Wildman–Crippen MR) is 76.3 cm³/mol. The van der Waals surface area contributed by atoms with Gasteiger partial charge in [-0.2, -0.15) is 0 Å². The van der Waals surface area contributed by atoms with Crippen molar-refractivity contribution >= 4 is 5.91 Å². The van der Waals surface area contributed by atoms with Crippen LogP contribution in [0.15, 0.2) is 24.3 Å². The molecule has 1 heterocycles. The van der Waals surface area contributed by atoms with Crippen molar-refractivity contribution in [2.45, 2.75) is 51.5 Å². The molecule has 0 aromatic heterocycles. The molecule has 1 amide bonds. The van der Waals surface area contributed by atoms with E-state index in [1.807, 2.05) is 12.1 Å². The third kappa shape index (κ3) is 3.49. The fourth-order valence-corrected chi connectivity index (χ4v) is 2.65. The lowest BCUT2D eigenvalue weighted by molar-refractivity contribution is -0.119. The Hall–Kier alpha value is -1.51. The first-order valence-corrected chi connectivity index (χ1v) is 7.20. The zero-order chi connectivity index (χ0) is 13.7. The molecule has 1 N–H and O–H groups in total. The summed E-state index contributed by atoms with van der Waals surface area (Å²) in [7, 11) is 0. The molecule has 0 bridgehead atoms. The van der Waals surface area contributed by atoms with E-state index in [9.17, 15) is 4.79 Å². The number of amides is 1. The van der Waals surface area contributed by atoms with Crippen LogP contribution in [0.4, 0.5) is 0 Å². The molecule has 3 heteroatoms. The molecule has 0 radical (unpaired) electrons. The molecule has 3 nitrogen and oxygen atoms in total. The highest BCUT2D eigenvalue weighted by Crippen LogP contribution is 2.29. The molecule has 1 fully saturated rings. The molecule has 104 valence electrons. The van der Waals surface area contributed by atoms with E-state index in [1.54, 1.807) is 0 Å². The average Bonchev–Trinajstić information content (AvgIpc) is 2.79. The van der Waals surface area contributed by atoms with E-state index in [2.05, 4.69) is 31.3 Å². The minimum absolute atomic E-state index is 0.0551. The van der Waals surface area contributed by atoms with Gasteiger partial charge in [0.15, 0.2) is 0 Å². The lowest BCUT2D eigenvalue weighted by Gasteiger charge is -2.28. The highest BCUT2D eigenvalue weighted by Gasteiger charge is 2.35. The van der Waals surface area contributed by atoms with Crippen LogP contribution < -0.4 is 10.1 Å². The number of ether oxygens (including phenoxy) is 1. The quantitative estimate of drug-likeness (QED) is 0.854. The fraction of sp³-hybridized carbons (Fsp3) is 0.562. The number of nitrogens with one attached hydrogen (secondary N) is 1. The normalized spacial score (nSPS) is 22.3. The summed E-state index contributed by atoms with van der Waals surface area (Å²) in [6.45, 7) is 4.99. The second kappa shape index (κ2) is 6.09. The summed E-state index contributed by atoms with van der Waals surface area (Å²) < 4.78 is 5.66. The molecule has 2 rings (SSSR count). The van der Waals surface area contributed by atoms with Gasteiger partial charge in [-0.3, -0.25) is 4.79 Å². The molecule has 1 aromatic rings. The number of hydrogen-bond acceptors (Lipinski definition) is 2. The summed E-state index contributed by atoms with van der Waals surface area (Å²) in [6.07, 6.45) is 4.46. The standard InChI is InChI=1S/C16H23NO2/c1-3-10-19-14-7-5-6-13(11-14)12-16(4-2)9-8-15(18)17-16/h5-7,11H,3-4,8-10,12H2,1-2H3,(H,17,18). The lowest BCUT2D eigenvalue weighted by atomic mass is 9.87. The van der Waals surface area contributed by atoms with E-state index < -0.39 is 0 Å². The van der Waals surface area contributed by atoms with Gasteiger partial charge in [-0.25, -0.2) is 0 Å². The maximum atomic E-state index is 11.5. The minimum Gasteiger partial charge on any atom is -0.494 e. The van der Waals surface area contributed by atoms with E-state index in [4.69, 9.17) is 4.74 Å². The number of hydrogen-bond donors (Lipinski definition) is 1. The summed E-state index contributed by atoms with van der Waals surface area (Å²) in [6, 6.07) is 8.23. The number of carbonyl (C=O) groups excluding carboxylic acids is 1. The molecule has 19 heavy (non-hydrogen) atoms. The molecule has 0 aliphatic carbocycles. The Kier molecular flexibility index (Phi) is 4.46. The molecular formula is C16H23NO2. The minimum atomic E-state index is -0.0551. The van der Waals surface area contributed by atoms with Crippen molar-refractivity contribution in [3.8, 4) is 5.75 Å². The van der Waals surface area contributed by atoms with Gasteiger partial charge in [0, 0.05) is 12.0 Å². The maximum Gasteiger partial charge on any atom is 0.220 e. The van der Waals surface area contributed by atoms with Crippen LogP contribution in [0.5, 0.6) is 5.75 Å². The lowest BCUT2D eigenvalue weighted by Crippen LogP contribution is -2.42. The average molecular weight is 261 g/mol. The first-order chi connectivity index (χ1) is 9.17. The van der Waals surface area contributed by atoms with E-state index in [0.29, 0.717) is 6.42 Å². The van der Waals surface area contributed by atoms with Crippen molar-refractivity contribution < 1.29 is 9.53 Å². The fourth-order valence-electron chi connectivity index (χ4n) is 2.65. The van der Waals surface area contributed by atoms with E-state index in [-0.39, 0.29) is 11.4 Å². The molecule has 1 aliphatic rings. The zero-order valence-corrected chi connectivity index (χ0v) is 11.9. The Morgan fingerprint density at radius 2 is 2.21 bits per heavy atom. The molecular weight excluding hydrogens is 238 g/mol. The zero-order valence-electron chi connectivity index (χ0n) is 11.9. The highest BCUT2D eigenvalue weighted by atomic mass is 16.5. The monoisotopic (exact) mass is 261 g/mol. The third-order valence-electron chi connectivity index (χ3n) is 3.83. The van der Waals surface area contributed by atoms with E-state index in [0.717, 1.165) is 38.0 Å². The largest absolute Gasteiger partial charge is 0.494 e. The van der Waals surface area contributed by atoms with Crippen LogP contribution in [0.1, 0.15) is 45.1 Å². The van der Waals surface area contributed by atoms with Gasteiger partial charge in [0.1, 0.15) is 5.75 Å². The van der Waals surface area contributed by atoms with Gasteiger partial charge in [-0.1, -0.05) is 26.0 Å². The van der Waals surface area contributed by atoms with Crippen LogP contribution >= 0.6 is 0 Å². The van der Waals surface area contributed by atoms with Crippen molar-refractivity contribution in [3.63, 3.8) is 0 Å². The first kappa shape index (κ1) is 13.9. The highest BCUT2D eigenvalue weighted by molar-refractivity contribution is 5.79. The molecule has 1 aliphatic heterocycles. The third-order valence-corrected chi connectivity index (χ3v) is 3.83. The molecule has 1 atom stereocenters. The van der Waals surface area contributed by atoms with Crippen molar-refractivity contribution in [2.75, 3.05) is 6.61 Å². The van der Waals surface area contributed by atoms with Gasteiger partial charge >= 0.3 is 0 Å². The Morgan fingerprint density at radius 3 is 2.84 bits per heavy atom. The van der Waals surface area contributed by atoms with Gasteiger partial charge < -0.3 is 10.1 Å². The summed E-state index contributed by atoms with van der Waals surface area (Å²) in [5.74, 6) is 1.11. The molecule has 1 aromatic carbocycles. The first-order valence-electron chi connectivity index (χ1n) is 7.20. The van der Waals surface area contributed by atoms with Gasteiger partial charge in [0.05, 0.1) is 6.61 Å². The predicted octanol–water partition coefficient (Wildman–Crippen LogP) is 3.08. The summed E-state index contributed by atoms with van der Waals surface area (Å²) in [5.41, 5.74) is 1.18. The molecule has 1 saturated heterocycles. The van der Waals surface area contributed by atoms with Gasteiger partial charge in [0.2, 0.25) is 5.91 Å². The summed E-state index contributed by atoms with van der Waals surface area (Å²) >= 11 is 0. The maximum absolute atomic E-state index is 11.5. The topological polar surface area (TPSA) is 38.3 Å². The van der Waals surface area contributed by atoms with Gasteiger partial charge in [-0.05, 0) is 43.4 Å². The Labute approximate surface area is 115 Å². The SMILES string of the molecule is CCCOc1cccc(CC2(CC)CCC(=O)N2)c1. The molecule has 0 saturated carbocycles. The van der Waals surface area contributed by atoms with E-state index in [1.165, 1.54) is 5.56 Å². The van der Waals surface area contributed by atoms with Crippen LogP contribution in [0.25, 0.3) is 0 Å². The van der Waals surface area contributed by atoms with Crippen LogP contribution in [0.3, 0.4) is 0 Å². The molecule has 0 spiro atoms. The second-order valence-electron chi connectivity index (χ2n) is 5.35. The van der Waals surface area contributed by atoms with Crippen LogP contribution in [0, 0.1) is 0 Å². The van der Waals surface area contributed by atoms with Crippen molar-refractivity contribution in [2.24, 2.45) is 0 Å². The number of benzene rings is 1. The van der Waals surface area contributed by atoms with Crippen LogP contribution in [-0.4, -0.2) is 18.1 Å². The Bertz CT molecular complexity index is 444. The summed E-state index contributed by atoms with van der Waals surface area (Å²) in [4.78, 5) is 11.5. The van der Waals surface area contributed by atoms with Crippen LogP contribution in [-0.2, 0) is 11.2 Å². The Morgan fingerprint density at radius 1 is 1.37 bits per heavy atom. The van der Waals surface area contributed by atoms with Crippen molar-refractivity contribution in [1.82, 2.24) is 5.32 Å². The van der Waals surface area contributed by atoms with Gasteiger partial charge in [0.25, 0.3) is 0 Å². The smallest absolute Gasteiger partial charge is 0.220 e. The van der Waals surface area contributed by atoms with Crippen molar-refractivity contribution in [1.29, 1.82) is 0 Å².